The quantitative estimate of drug-likeness (QED) is 0.167. The topological polar surface area (TPSA) is 189 Å². The summed E-state index contributed by atoms with van der Waals surface area (Å²) >= 11 is 0. The lowest BCUT2D eigenvalue weighted by molar-refractivity contribution is -0.148. The number of amides is 1. The largest absolute Gasteiger partial charge is 0.492 e. The Morgan fingerprint density at radius 1 is 1.17 bits per heavy atom. The van der Waals surface area contributed by atoms with Gasteiger partial charge in [0.25, 0.3) is 5.91 Å². The number of nitrogens with two attached hydrogens (primary N) is 1. The molecule has 0 fully saturated rings. The number of hydrogen-bond donors (Lipinski definition) is 5. The van der Waals surface area contributed by atoms with E-state index >= 15 is 0 Å². The number of rotatable bonds is 12. The van der Waals surface area contributed by atoms with E-state index in [-0.39, 0.29) is 42.2 Å². The first-order valence-electron chi connectivity index (χ1n) is 10.8. The highest BCUT2D eigenvalue weighted by Gasteiger charge is 2.24. The van der Waals surface area contributed by atoms with Gasteiger partial charge in [0, 0.05) is 30.4 Å². The zero-order valence-corrected chi connectivity index (χ0v) is 18.7. The molecule has 1 atom stereocenters. The van der Waals surface area contributed by atoms with Crippen LogP contribution in [0.5, 0.6) is 11.5 Å². The second-order valence-electron chi connectivity index (χ2n) is 7.95. The summed E-state index contributed by atoms with van der Waals surface area (Å²) in [6, 6.07) is 8.76. The molecule has 2 aromatic rings. The van der Waals surface area contributed by atoms with Crippen LogP contribution in [-0.4, -0.2) is 58.9 Å². The van der Waals surface area contributed by atoms with Gasteiger partial charge in [-0.1, -0.05) is 24.3 Å². The number of nitrogens with one attached hydrogen (secondary N) is 2. The molecule has 1 aliphatic heterocycles. The summed E-state index contributed by atoms with van der Waals surface area (Å²) in [5.41, 5.74) is 7.30. The van der Waals surface area contributed by atoms with Crippen molar-refractivity contribution >= 4 is 29.5 Å². The summed E-state index contributed by atoms with van der Waals surface area (Å²) in [7, 11) is 0. The van der Waals surface area contributed by atoms with Gasteiger partial charge in [-0.05, 0) is 24.1 Å². The summed E-state index contributed by atoms with van der Waals surface area (Å²) in [5.74, 6) is -3.84. The first kappa shape index (κ1) is 25.2. The van der Waals surface area contributed by atoms with E-state index in [1.807, 2.05) is 6.07 Å². The van der Waals surface area contributed by atoms with Gasteiger partial charge in [-0.2, -0.15) is 0 Å². The van der Waals surface area contributed by atoms with Crippen molar-refractivity contribution in [2.24, 2.45) is 5.73 Å². The molecule has 1 aliphatic rings. The predicted molar refractivity (Wildman–Crippen MR) is 123 cm³/mol. The molecule has 6 N–H and O–H groups in total. The van der Waals surface area contributed by atoms with Crippen LogP contribution in [0.25, 0.3) is 0 Å². The van der Waals surface area contributed by atoms with Crippen LogP contribution in [0.3, 0.4) is 0 Å². The third-order valence-electron chi connectivity index (χ3n) is 5.41. The molecule has 1 amide bonds. The molecule has 0 bridgehead atoms. The smallest absolute Gasteiger partial charge is 0.372 e. The van der Waals surface area contributed by atoms with Crippen molar-refractivity contribution in [2.45, 2.75) is 31.7 Å². The molecule has 3 rings (SSSR count). The highest BCUT2D eigenvalue weighted by Crippen LogP contribution is 2.29. The summed E-state index contributed by atoms with van der Waals surface area (Å²) in [6.45, 7) is 0.292. The number of benzene rings is 2. The maximum atomic E-state index is 13.0. The van der Waals surface area contributed by atoms with Crippen LogP contribution >= 0.6 is 0 Å². The molecule has 1 heterocycles. The molecule has 0 radical (unpaired) electrons. The Balaban J connectivity index is 1.80. The number of aliphatic carboxylic acids is 2. The molecule has 0 spiro atoms. The zero-order valence-electron chi connectivity index (χ0n) is 18.7. The lowest BCUT2D eigenvalue weighted by atomic mass is 10.0. The lowest BCUT2D eigenvalue weighted by Crippen LogP contribution is -2.39. The number of carbonyl (C=O) groups is 4. The van der Waals surface area contributed by atoms with E-state index in [1.54, 1.807) is 12.1 Å². The summed E-state index contributed by atoms with van der Waals surface area (Å²) in [6.07, 6.45) is 0.0388. The van der Waals surface area contributed by atoms with Gasteiger partial charge in [0.05, 0.1) is 18.2 Å². The average molecular weight is 483 g/mol. The van der Waals surface area contributed by atoms with Crippen molar-refractivity contribution in [3.8, 4) is 11.5 Å². The zero-order chi connectivity index (χ0) is 25.5. The molecule has 0 saturated heterocycles. The lowest BCUT2D eigenvalue weighted by Gasteiger charge is -2.21. The maximum Gasteiger partial charge on any atom is 0.372 e. The molecule has 11 nitrogen and oxygen atoms in total. The van der Waals surface area contributed by atoms with Crippen molar-refractivity contribution < 1.29 is 38.9 Å². The second-order valence-corrected chi connectivity index (χ2v) is 7.95. The predicted octanol–water partition coefficient (Wildman–Crippen LogP) is 1.14. The van der Waals surface area contributed by atoms with E-state index in [9.17, 15) is 19.2 Å². The third kappa shape index (κ3) is 6.56. The Bertz CT molecular complexity index is 1180. The van der Waals surface area contributed by atoms with Crippen LogP contribution in [-0.2, 0) is 27.2 Å². The monoisotopic (exact) mass is 483 g/mol. The molecule has 184 valence electrons. The normalized spacial score (nSPS) is 12.7. The summed E-state index contributed by atoms with van der Waals surface area (Å²) in [4.78, 5) is 46.8. The number of carboxylic acid groups (broad SMARTS) is 2. The van der Waals surface area contributed by atoms with Crippen LogP contribution < -0.4 is 20.5 Å². The standard InChI is InChI=1S/C24H25N3O8/c25-22(26)15-5-4-14(10-18(28)24(32)33)19(11-15)35-12-16(6-7-20(29)30)27-23(31)17-3-1-2-13-8-9-34-21(13)17/h1-5,11,16H,6-10,12H2,(H3,25,26)(H,27,31)(H,29,30)(H,32,33). The fourth-order valence-electron chi connectivity index (χ4n) is 3.59. The molecule has 0 saturated carbocycles. The third-order valence-corrected chi connectivity index (χ3v) is 5.41. The van der Waals surface area contributed by atoms with Crippen LogP contribution in [0.4, 0.5) is 0 Å². The highest BCUT2D eigenvalue weighted by molar-refractivity contribution is 6.33. The van der Waals surface area contributed by atoms with Crippen molar-refractivity contribution in [1.82, 2.24) is 5.32 Å². The number of carbonyl (C=O) groups excluding carboxylic acids is 2. The van der Waals surface area contributed by atoms with E-state index in [4.69, 9.17) is 30.8 Å². The second kappa shape index (κ2) is 11.1. The molecule has 0 aromatic heterocycles. The first-order valence-corrected chi connectivity index (χ1v) is 10.8. The Morgan fingerprint density at radius 2 is 1.94 bits per heavy atom. The van der Waals surface area contributed by atoms with Crippen molar-refractivity contribution in [3.63, 3.8) is 0 Å². The van der Waals surface area contributed by atoms with Gasteiger partial charge < -0.3 is 30.7 Å². The minimum absolute atomic E-state index is 0.0484. The number of hydrogen-bond acceptors (Lipinski definition) is 7. The fourth-order valence-corrected chi connectivity index (χ4v) is 3.59. The van der Waals surface area contributed by atoms with Crippen molar-refractivity contribution in [1.29, 1.82) is 5.41 Å². The first-order chi connectivity index (χ1) is 16.7. The van der Waals surface area contributed by atoms with Gasteiger partial charge in [-0.3, -0.25) is 19.8 Å². The maximum absolute atomic E-state index is 13.0. The number of para-hydroxylation sites is 1. The number of ketones is 1. The van der Waals surface area contributed by atoms with Crippen LogP contribution in [0.2, 0.25) is 0 Å². The summed E-state index contributed by atoms with van der Waals surface area (Å²) < 4.78 is 11.4. The Hall–Kier alpha value is -4.41. The number of Topliss-reactive ketones (excluding diaryl/α,β-unsaturated/α-hetero) is 1. The van der Waals surface area contributed by atoms with E-state index in [1.165, 1.54) is 18.2 Å². The molecule has 0 aliphatic carbocycles. The molecule has 11 heteroatoms. The van der Waals surface area contributed by atoms with Gasteiger partial charge in [0.1, 0.15) is 23.9 Å². The Labute approximate surface area is 200 Å². The molecular weight excluding hydrogens is 458 g/mol. The van der Waals surface area contributed by atoms with Crippen LogP contribution in [0, 0.1) is 5.41 Å². The van der Waals surface area contributed by atoms with E-state index in [2.05, 4.69) is 5.32 Å². The Morgan fingerprint density at radius 3 is 2.63 bits per heavy atom. The van der Waals surface area contributed by atoms with Crippen LogP contribution in [0.15, 0.2) is 36.4 Å². The number of fused-ring (bicyclic) bond motifs is 1. The van der Waals surface area contributed by atoms with E-state index in [0.29, 0.717) is 24.3 Å². The van der Waals surface area contributed by atoms with E-state index in [0.717, 1.165) is 5.56 Å². The minimum Gasteiger partial charge on any atom is -0.492 e. The number of ether oxygens (including phenoxy) is 2. The Kier molecular flexibility index (Phi) is 8.03. The van der Waals surface area contributed by atoms with Gasteiger partial charge >= 0.3 is 11.9 Å². The number of amidine groups is 1. The minimum atomic E-state index is -1.60. The van der Waals surface area contributed by atoms with Crippen molar-refractivity contribution in [2.75, 3.05) is 13.2 Å². The molecule has 2 aromatic carbocycles. The van der Waals surface area contributed by atoms with Crippen LogP contribution in [0.1, 0.15) is 39.9 Å². The molecular formula is C24H25N3O8. The number of nitrogen functional groups attached to an aromatic ring is 1. The fraction of sp³-hybridized carbons (Fsp3) is 0.292. The van der Waals surface area contributed by atoms with Gasteiger partial charge in [-0.15, -0.1) is 0 Å². The molecule has 1 unspecified atom stereocenters. The van der Waals surface area contributed by atoms with Gasteiger partial charge in [0.15, 0.2) is 0 Å². The SMILES string of the molecule is N=C(N)c1ccc(CC(=O)C(=O)O)c(OCC(CCC(=O)O)NC(=O)c2cccc3c2OCC3)c1. The van der Waals surface area contributed by atoms with Crippen molar-refractivity contribution in [3.05, 3.63) is 58.7 Å². The van der Waals surface area contributed by atoms with E-state index < -0.39 is 36.1 Å². The van der Waals surface area contributed by atoms with Gasteiger partial charge in [-0.25, -0.2) is 4.79 Å². The van der Waals surface area contributed by atoms with Gasteiger partial charge in [0.2, 0.25) is 5.78 Å². The molecule has 35 heavy (non-hydrogen) atoms. The highest BCUT2D eigenvalue weighted by atomic mass is 16.5. The average Bonchev–Trinajstić information content (AvgIpc) is 3.30. The number of carboxylic acids is 2. The summed E-state index contributed by atoms with van der Waals surface area (Å²) in [5, 5.41) is 28.4.